The molecule has 0 bridgehead atoms. The molecular formula is C20H23ClN4O2. The van der Waals surface area contributed by atoms with Crippen molar-refractivity contribution in [3.63, 3.8) is 0 Å². The fourth-order valence-electron chi connectivity index (χ4n) is 3.82. The van der Waals surface area contributed by atoms with Crippen LogP contribution in [0.4, 0.5) is 5.69 Å². The van der Waals surface area contributed by atoms with E-state index in [9.17, 15) is 9.59 Å². The lowest BCUT2D eigenvalue weighted by Gasteiger charge is -2.27. The van der Waals surface area contributed by atoms with E-state index in [0.717, 1.165) is 44.3 Å². The number of hydrogen-bond acceptors (Lipinski definition) is 3. The van der Waals surface area contributed by atoms with E-state index in [1.807, 2.05) is 29.2 Å². The first-order chi connectivity index (χ1) is 13.0. The molecule has 4 rings (SSSR count). The van der Waals surface area contributed by atoms with Crippen LogP contribution in [-0.4, -0.2) is 39.6 Å². The van der Waals surface area contributed by atoms with Gasteiger partial charge in [-0.2, -0.15) is 5.10 Å². The SMILES string of the molecule is Cn1ncc(NC(=O)C2CC2c2ccc(Cl)cc2)c1C(=O)N1CCCCC1. The average molecular weight is 387 g/mol. The molecule has 1 aromatic carbocycles. The summed E-state index contributed by atoms with van der Waals surface area (Å²) in [6.07, 6.45) is 5.58. The normalized spacial score (nSPS) is 21.8. The summed E-state index contributed by atoms with van der Waals surface area (Å²) in [6.45, 7) is 1.53. The summed E-state index contributed by atoms with van der Waals surface area (Å²) in [5.74, 6) is 0.00944. The van der Waals surface area contributed by atoms with Gasteiger partial charge in [-0.05, 0) is 49.3 Å². The molecule has 2 atom stereocenters. The summed E-state index contributed by atoms with van der Waals surface area (Å²) in [7, 11) is 1.74. The van der Waals surface area contributed by atoms with Crippen LogP contribution in [0.5, 0.6) is 0 Å². The lowest BCUT2D eigenvalue weighted by molar-refractivity contribution is -0.117. The number of benzene rings is 1. The molecule has 6 nitrogen and oxygen atoms in total. The Balaban J connectivity index is 1.45. The topological polar surface area (TPSA) is 67.2 Å². The second kappa shape index (κ2) is 7.35. The van der Waals surface area contributed by atoms with Crippen molar-refractivity contribution in [1.29, 1.82) is 0 Å². The number of aromatic nitrogens is 2. The standard InChI is InChI=1S/C20H23ClN4O2/c1-24-18(20(27)25-9-3-2-4-10-25)17(12-22-24)23-19(26)16-11-15(16)13-5-7-14(21)8-6-13/h5-8,12,15-16H,2-4,9-11H2,1H3,(H,23,26). The van der Waals surface area contributed by atoms with Gasteiger partial charge in [-0.1, -0.05) is 23.7 Å². The Kier molecular flexibility index (Phi) is 4.91. The third kappa shape index (κ3) is 3.72. The number of nitrogens with one attached hydrogen (secondary N) is 1. The van der Waals surface area contributed by atoms with Gasteiger partial charge in [0.2, 0.25) is 5.91 Å². The molecule has 2 fully saturated rings. The van der Waals surface area contributed by atoms with E-state index in [2.05, 4.69) is 10.4 Å². The number of rotatable bonds is 4. The highest BCUT2D eigenvalue weighted by Crippen LogP contribution is 2.48. The number of likely N-dealkylation sites (tertiary alicyclic amines) is 1. The monoisotopic (exact) mass is 386 g/mol. The molecule has 2 aliphatic rings. The van der Waals surface area contributed by atoms with E-state index in [4.69, 9.17) is 11.6 Å². The molecule has 1 saturated heterocycles. The van der Waals surface area contributed by atoms with Crippen LogP contribution in [0.25, 0.3) is 0 Å². The highest BCUT2D eigenvalue weighted by Gasteiger charge is 2.44. The Bertz CT molecular complexity index is 855. The molecule has 0 radical (unpaired) electrons. The average Bonchev–Trinajstić information content (AvgIpc) is 3.40. The number of amides is 2. The van der Waals surface area contributed by atoms with Crippen molar-refractivity contribution in [3.8, 4) is 0 Å². The maximum absolute atomic E-state index is 12.9. The van der Waals surface area contributed by atoms with Gasteiger partial charge in [-0.25, -0.2) is 0 Å². The number of nitrogens with zero attached hydrogens (tertiary/aromatic N) is 3. The predicted octanol–water partition coefficient (Wildman–Crippen LogP) is 3.44. The van der Waals surface area contributed by atoms with Crippen molar-refractivity contribution < 1.29 is 9.59 Å². The van der Waals surface area contributed by atoms with Crippen molar-refractivity contribution in [3.05, 3.63) is 46.7 Å². The van der Waals surface area contributed by atoms with Crippen LogP contribution >= 0.6 is 11.6 Å². The lowest BCUT2D eigenvalue weighted by Crippen LogP contribution is -2.37. The van der Waals surface area contributed by atoms with Gasteiger partial charge >= 0.3 is 0 Å². The molecule has 2 heterocycles. The number of halogens is 1. The van der Waals surface area contributed by atoms with Crippen LogP contribution in [-0.2, 0) is 11.8 Å². The fourth-order valence-corrected chi connectivity index (χ4v) is 3.94. The summed E-state index contributed by atoms with van der Waals surface area (Å²) in [5, 5.41) is 7.81. The Morgan fingerprint density at radius 1 is 1.15 bits per heavy atom. The zero-order valence-electron chi connectivity index (χ0n) is 15.3. The first-order valence-corrected chi connectivity index (χ1v) is 9.80. The van der Waals surface area contributed by atoms with Crippen molar-refractivity contribution in [1.82, 2.24) is 14.7 Å². The van der Waals surface area contributed by atoms with E-state index in [0.29, 0.717) is 16.4 Å². The van der Waals surface area contributed by atoms with Crippen LogP contribution < -0.4 is 5.32 Å². The first-order valence-electron chi connectivity index (χ1n) is 9.42. The molecule has 1 aromatic heterocycles. The molecule has 7 heteroatoms. The Morgan fingerprint density at radius 2 is 1.85 bits per heavy atom. The minimum atomic E-state index is -0.0793. The molecule has 27 heavy (non-hydrogen) atoms. The van der Waals surface area contributed by atoms with Gasteiger partial charge in [0, 0.05) is 31.1 Å². The van der Waals surface area contributed by atoms with Crippen LogP contribution in [0.15, 0.2) is 30.5 Å². The van der Waals surface area contributed by atoms with Crippen molar-refractivity contribution in [2.45, 2.75) is 31.6 Å². The molecule has 1 saturated carbocycles. The number of carbonyl (C=O) groups excluding carboxylic acids is 2. The summed E-state index contributed by atoms with van der Waals surface area (Å²) in [4.78, 5) is 27.4. The first kappa shape index (κ1) is 18.0. The number of carbonyl (C=O) groups is 2. The Hall–Kier alpha value is -2.34. The highest BCUT2D eigenvalue weighted by molar-refractivity contribution is 6.30. The van der Waals surface area contributed by atoms with Gasteiger partial charge < -0.3 is 10.2 Å². The van der Waals surface area contributed by atoms with Crippen LogP contribution in [0.2, 0.25) is 5.02 Å². The minimum absolute atomic E-state index is 0.0596. The number of anilines is 1. The molecule has 2 amide bonds. The molecule has 2 unspecified atom stereocenters. The van der Waals surface area contributed by atoms with Gasteiger partial charge in [0.15, 0.2) is 0 Å². The molecule has 142 valence electrons. The summed E-state index contributed by atoms with van der Waals surface area (Å²) >= 11 is 5.93. The second-order valence-corrected chi connectivity index (χ2v) is 7.81. The third-order valence-corrected chi connectivity index (χ3v) is 5.72. The minimum Gasteiger partial charge on any atom is -0.337 e. The summed E-state index contributed by atoms with van der Waals surface area (Å²) in [5.41, 5.74) is 2.07. The van der Waals surface area contributed by atoms with E-state index in [1.165, 1.54) is 0 Å². The Labute approximate surface area is 163 Å². The van der Waals surface area contributed by atoms with Crippen LogP contribution in [0.3, 0.4) is 0 Å². The molecule has 1 aliphatic carbocycles. The van der Waals surface area contributed by atoms with Crippen molar-refractivity contribution in [2.75, 3.05) is 18.4 Å². The van der Waals surface area contributed by atoms with Gasteiger partial charge in [0.25, 0.3) is 5.91 Å². The smallest absolute Gasteiger partial charge is 0.274 e. The van der Waals surface area contributed by atoms with Crippen molar-refractivity contribution in [2.24, 2.45) is 13.0 Å². The van der Waals surface area contributed by atoms with E-state index < -0.39 is 0 Å². The Morgan fingerprint density at radius 3 is 2.56 bits per heavy atom. The maximum atomic E-state index is 12.9. The molecular weight excluding hydrogens is 364 g/mol. The van der Waals surface area contributed by atoms with E-state index in [-0.39, 0.29) is 23.7 Å². The lowest BCUT2D eigenvalue weighted by atomic mass is 10.1. The van der Waals surface area contributed by atoms with E-state index in [1.54, 1.807) is 17.9 Å². The fraction of sp³-hybridized carbons (Fsp3) is 0.450. The number of aryl methyl sites for hydroxylation is 1. The quantitative estimate of drug-likeness (QED) is 0.875. The van der Waals surface area contributed by atoms with Gasteiger partial charge in [-0.3, -0.25) is 14.3 Å². The maximum Gasteiger partial charge on any atom is 0.274 e. The molecule has 1 aliphatic heterocycles. The number of piperidine rings is 1. The van der Waals surface area contributed by atoms with Gasteiger partial charge in [-0.15, -0.1) is 0 Å². The zero-order valence-corrected chi connectivity index (χ0v) is 16.1. The highest BCUT2D eigenvalue weighted by atomic mass is 35.5. The third-order valence-electron chi connectivity index (χ3n) is 5.47. The second-order valence-electron chi connectivity index (χ2n) is 7.37. The molecule has 1 N–H and O–H groups in total. The van der Waals surface area contributed by atoms with Crippen LogP contribution in [0.1, 0.15) is 47.7 Å². The van der Waals surface area contributed by atoms with Crippen LogP contribution in [0, 0.1) is 5.92 Å². The van der Waals surface area contributed by atoms with Crippen molar-refractivity contribution >= 4 is 29.1 Å². The van der Waals surface area contributed by atoms with E-state index >= 15 is 0 Å². The predicted molar refractivity (Wildman–Crippen MR) is 104 cm³/mol. The summed E-state index contributed by atoms with van der Waals surface area (Å²) < 4.78 is 1.55. The summed E-state index contributed by atoms with van der Waals surface area (Å²) in [6, 6.07) is 7.63. The molecule has 0 spiro atoms. The van der Waals surface area contributed by atoms with Gasteiger partial charge in [0.1, 0.15) is 5.69 Å². The zero-order chi connectivity index (χ0) is 19.0. The van der Waals surface area contributed by atoms with Gasteiger partial charge in [0.05, 0.1) is 11.9 Å². The largest absolute Gasteiger partial charge is 0.337 e. The number of hydrogen-bond donors (Lipinski definition) is 1. The molecule has 2 aromatic rings.